The van der Waals surface area contributed by atoms with Crippen LogP contribution in [0.15, 0.2) is 29.1 Å². The van der Waals surface area contributed by atoms with Gasteiger partial charge in [0.1, 0.15) is 5.82 Å². The number of benzene rings is 1. The Labute approximate surface area is 129 Å². The first kappa shape index (κ1) is 15.0. The molecule has 1 aromatic carbocycles. The van der Waals surface area contributed by atoms with E-state index in [0.717, 1.165) is 0 Å². The first-order valence-corrected chi connectivity index (χ1v) is 6.93. The van der Waals surface area contributed by atoms with E-state index in [4.69, 9.17) is 34.8 Å². The maximum absolute atomic E-state index is 11.9. The van der Waals surface area contributed by atoms with Crippen molar-refractivity contribution in [1.82, 2.24) is 9.78 Å². The van der Waals surface area contributed by atoms with Crippen molar-refractivity contribution >= 4 is 46.5 Å². The number of carbonyl (C=O) groups is 1. The van der Waals surface area contributed by atoms with E-state index in [0.29, 0.717) is 15.7 Å². The number of H-pyrrole nitrogens is 1. The molecule has 2 aromatic rings. The number of anilines is 1. The first-order valence-electron chi connectivity index (χ1n) is 5.64. The summed E-state index contributed by atoms with van der Waals surface area (Å²) in [6.45, 7) is 0. The SMILES string of the molecule is O=C(CCCl)Nc1cc(=O)n(-c2cc(Cl)ccc2Cl)[nH]1. The summed E-state index contributed by atoms with van der Waals surface area (Å²) >= 11 is 17.4. The number of nitrogens with zero attached hydrogens (tertiary/aromatic N) is 1. The minimum absolute atomic E-state index is 0.159. The number of hydrogen-bond acceptors (Lipinski definition) is 2. The zero-order chi connectivity index (χ0) is 14.7. The van der Waals surface area contributed by atoms with Gasteiger partial charge >= 0.3 is 0 Å². The zero-order valence-corrected chi connectivity index (χ0v) is 12.4. The molecule has 0 spiro atoms. The standard InChI is InChI=1S/C12H10Cl3N3O2/c13-4-3-11(19)16-10-6-12(20)18(17-10)9-5-7(14)1-2-8(9)15/h1-2,5-6,17H,3-4H2,(H,16,19). The average Bonchev–Trinajstić information content (AvgIpc) is 2.73. The number of amides is 1. The highest BCUT2D eigenvalue weighted by atomic mass is 35.5. The first-order chi connectivity index (χ1) is 9.51. The second-order valence-corrected chi connectivity index (χ2v) is 5.15. The molecule has 0 aliphatic rings. The van der Waals surface area contributed by atoms with E-state index in [1.807, 2.05) is 0 Å². The number of nitrogens with one attached hydrogen (secondary N) is 2. The Morgan fingerprint density at radius 1 is 1.30 bits per heavy atom. The average molecular weight is 335 g/mol. The fraction of sp³-hybridized carbons (Fsp3) is 0.167. The van der Waals surface area contributed by atoms with Crippen molar-refractivity contribution in [2.24, 2.45) is 0 Å². The highest BCUT2D eigenvalue weighted by Gasteiger charge is 2.11. The van der Waals surface area contributed by atoms with Crippen LogP contribution >= 0.6 is 34.8 Å². The number of rotatable bonds is 4. The van der Waals surface area contributed by atoms with Crippen molar-refractivity contribution in [2.45, 2.75) is 6.42 Å². The molecule has 1 amide bonds. The Bertz CT molecular complexity index is 693. The number of halogens is 3. The van der Waals surface area contributed by atoms with Crippen molar-refractivity contribution in [3.8, 4) is 5.69 Å². The minimum atomic E-state index is -0.365. The third-order valence-corrected chi connectivity index (χ3v) is 3.21. The summed E-state index contributed by atoms with van der Waals surface area (Å²) in [5.74, 6) is 0.184. The molecule has 2 N–H and O–H groups in total. The predicted octanol–water partition coefficient (Wildman–Crippen LogP) is 3.04. The molecule has 0 atom stereocenters. The molecule has 0 radical (unpaired) electrons. The third kappa shape index (κ3) is 3.36. The van der Waals surface area contributed by atoms with Crippen LogP contribution in [0.1, 0.15) is 6.42 Å². The topological polar surface area (TPSA) is 66.9 Å². The molecule has 1 heterocycles. The number of aromatic nitrogens is 2. The van der Waals surface area contributed by atoms with E-state index in [2.05, 4.69) is 10.4 Å². The van der Waals surface area contributed by atoms with Crippen molar-refractivity contribution in [1.29, 1.82) is 0 Å². The van der Waals surface area contributed by atoms with Gasteiger partial charge < -0.3 is 5.32 Å². The van der Waals surface area contributed by atoms with Crippen LogP contribution in [0.3, 0.4) is 0 Å². The molecule has 2 rings (SSSR count). The lowest BCUT2D eigenvalue weighted by Crippen LogP contribution is -2.14. The van der Waals surface area contributed by atoms with Gasteiger partial charge in [0.15, 0.2) is 0 Å². The van der Waals surface area contributed by atoms with Crippen molar-refractivity contribution in [3.05, 3.63) is 44.7 Å². The molecule has 0 bridgehead atoms. The number of alkyl halides is 1. The molecule has 0 saturated heterocycles. The van der Waals surface area contributed by atoms with Crippen LogP contribution < -0.4 is 10.9 Å². The summed E-state index contributed by atoms with van der Waals surface area (Å²) in [5, 5.41) is 6.07. The van der Waals surface area contributed by atoms with Crippen LogP contribution in [-0.2, 0) is 4.79 Å². The van der Waals surface area contributed by atoms with Gasteiger partial charge in [0, 0.05) is 23.4 Å². The van der Waals surface area contributed by atoms with Crippen molar-refractivity contribution < 1.29 is 4.79 Å². The second-order valence-electron chi connectivity index (χ2n) is 3.93. The molecule has 106 valence electrons. The van der Waals surface area contributed by atoms with Crippen LogP contribution in [0.4, 0.5) is 5.82 Å². The lowest BCUT2D eigenvalue weighted by atomic mass is 10.3. The molecule has 0 unspecified atom stereocenters. The van der Waals surface area contributed by atoms with Crippen molar-refractivity contribution in [3.63, 3.8) is 0 Å². The summed E-state index contributed by atoms with van der Waals surface area (Å²) in [6, 6.07) is 6.00. The molecule has 0 aliphatic carbocycles. The smallest absolute Gasteiger partial charge is 0.273 e. The number of hydrogen-bond donors (Lipinski definition) is 2. The van der Waals surface area contributed by atoms with Crippen LogP contribution in [-0.4, -0.2) is 21.6 Å². The van der Waals surface area contributed by atoms with E-state index < -0.39 is 0 Å². The molecule has 20 heavy (non-hydrogen) atoms. The quantitative estimate of drug-likeness (QED) is 0.844. The van der Waals surface area contributed by atoms with Gasteiger partial charge in [-0.3, -0.25) is 14.7 Å². The maximum atomic E-state index is 11.9. The maximum Gasteiger partial charge on any atom is 0.273 e. The summed E-state index contributed by atoms with van der Waals surface area (Å²) in [6.07, 6.45) is 0.159. The van der Waals surface area contributed by atoms with Gasteiger partial charge in [0.05, 0.1) is 10.7 Å². The van der Waals surface area contributed by atoms with Crippen molar-refractivity contribution in [2.75, 3.05) is 11.2 Å². The molecule has 8 heteroatoms. The van der Waals surface area contributed by atoms with E-state index >= 15 is 0 Å². The summed E-state index contributed by atoms with van der Waals surface area (Å²) in [7, 11) is 0. The third-order valence-electron chi connectivity index (χ3n) is 2.47. The Kier molecular flexibility index (Phi) is 4.75. The summed E-state index contributed by atoms with van der Waals surface area (Å²) in [4.78, 5) is 23.3. The highest BCUT2D eigenvalue weighted by molar-refractivity contribution is 6.34. The van der Waals surface area contributed by atoms with Crippen LogP contribution in [0.25, 0.3) is 5.69 Å². The summed E-state index contributed by atoms with van der Waals surface area (Å²) in [5.41, 5.74) is 0.0392. The molecule has 0 aliphatic heterocycles. The second kappa shape index (κ2) is 6.35. The molecular formula is C12H10Cl3N3O2. The minimum Gasteiger partial charge on any atom is -0.311 e. The number of carbonyl (C=O) groups excluding carboxylic acids is 1. The van der Waals surface area contributed by atoms with E-state index in [-0.39, 0.29) is 29.6 Å². The molecule has 0 fully saturated rings. The van der Waals surface area contributed by atoms with E-state index in [1.165, 1.54) is 10.7 Å². The molecule has 5 nitrogen and oxygen atoms in total. The lowest BCUT2D eigenvalue weighted by molar-refractivity contribution is -0.115. The van der Waals surface area contributed by atoms with Crippen LogP contribution in [0.2, 0.25) is 10.0 Å². The van der Waals surface area contributed by atoms with Gasteiger partial charge in [0.2, 0.25) is 5.91 Å². The van der Waals surface area contributed by atoms with Gasteiger partial charge in [-0.25, -0.2) is 4.68 Å². The fourth-order valence-electron chi connectivity index (χ4n) is 1.59. The molecular weight excluding hydrogens is 325 g/mol. The Morgan fingerprint density at radius 2 is 2.05 bits per heavy atom. The Balaban J connectivity index is 2.34. The van der Waals surface area contributed by atoms with E-state index in [1.54, 1.807) is 18.2 Å². The predicted molar refractivity (Wildman–Crippen MR) is 80.4 cm³/mol. The van der Waals surface area contributed by atoms with Gasteiger partial charge in [0.25, 0.3) is 5.56 Å². The normalized spacial score (nSPS) is 10.6. The summed E-state index contributed by atoms with van der Waals surface area (Å²) < 4.78 is 1.20. The van der Waals surface area contributed by atoms with E-state index in [9.17, 15) is 9.59 Å². The van der Waals surface area contributed by atoms with Gasteiger partial charge in [-0.2, -0.15) is 0 Å². The zero-order valence-electron chi connectivity index (χ0n) is 10.1. The Morgan fingerprint density at radius 3 is 2.75 bits per heavy atom. The Hall–Kier alpha value is -1.43. The largest absolute Gasteiger partial charge is 0.311 e. The number of aromatic amines is 1. The van der Waals surface area contributed by atoms with Gasteiger partial charge in [-0.15, -0.1) is 11.6 Å². The highest BCUT2D eigenvalue weighted by Crippen LogP contribution is 2.23. The van der Waals surface area contributed by atoms with Crippen LogP contribution in [0, 0.1) is 0 Å². The molecule has 0 saturated carbocycles. The van der Waals surface area contributed by atoms with Crippen LogP contribution in [0.5, 0.6) is 0 Å². The lowest BCUT2D eigenvalue weighted by Gasteiger charge is -2.05. The monoisotopic (exact) mass is 333 g/mol. The fourth-order valence-corrected chi connectivity index (χ4v) is 2.13. The van der Waals surface area contributed by atoms with Gasteiger partial charge in [-0.1, -0.05) is 23.2 Å². The van der Waals surface area contributed by atoms with Gasteiger partial charge in [-0.05, 0) is 18.2 Å². The molecule has 1 aromatic heterocycles.